The zero-order valence-corrected chi connectivity index (χ0v) is 7.88. The maximum atomic E-state index is 10.9. The van der Waals surface area contributed by atoms with Gasteiger partial charge in [0.1, 0.15) is 0 Å². The summed E-state index contributed by atoms with van der Waals surface area (Å²) in [5.41, 5.74) is 8.68. The zero-order chi connectivity index (χ0) is 9.31. The quantitative estimate of drug-likeness (QED) is 0.588. The molecule has 2 aliphatic rings. The number of hydrogen-bond acceptors (Lipinski definition) is 2. The van der Waals surface area contributed by atoms with E-state index in [4.69, 9.17) is 5.73 Å². The van der Waals surface area contributed by atoms with Crippen LogP contribution in [0.15, 0.2) is 0 Å². The van der Waals surface area contributed by atoms with Crippen LogP contribution in [0.2, 0.25) is 0 Å². The van der Waals surface area contributed by atoms with E-state index < -0.39 is 0 Å². The smallest absolute Gasteiger partial charge is 0.329 e. The van der Waals surface area contributed by atoms with Crippen LogP contribution in [0.4, 0.5) is 4.79 Å². The molecule has 13 heavy (non-hydrogen) atoms. The van der Waals surface area contributed by atoms with Crippen LogP contribution in [0.25, 0.3) is 0 Å². The Morgan fingerprint density at radius 3 is 2.46 bits per heavy atom. The number of rotatable bonds is 0. The van der Waals surface area contributed by atoms with Gasteiger partial charge >= 0.3 is 6.03 Å². The molecule has 1 saturated carbocycles. The minimum atomic E-state index is -0.345. The molecule has 2 fully saturated rings. The molecule has 0 radical (unpaired) electrons. The lowest BCUT2D eigenvalue weighted by Crippen LogP contribution is -2.50. The summed E-state index contributed by atoms with van der Waals surface area (Å²) in [7, 11) is 0. The van der Waals surface area contributed by atoms with Gasteiger partial charge in [-0.25, -0.2) is 10.2 Å². The van der Waals surface area contributed by atoms with E-state index in [2.05, 4.69) is 5.43 Å². The summed E-state index contributed by atoms with van der Waals surface area (Å²) in [6, 6.07) is -0.345. The molecule has 1 aliphatic carbocycles. The average Bonchev–Trinajstić information content (AvgIpc) is 2.51. The van der Waals surface area contributed by atoms with Crippen LogP contribution in [0, 0.1) is 0 Å². The maximum absolute atomic E-state index is 10.9. The number of carbonyl (C=O) groups is 1. The van der Waals surface area contributed by atoms with E-state index in [1.54, 1.807) is 5.01 Å². The van der Waals surface area contributed by atoms with Gasteiger partial charge in [-0.3, -0.25) is 5.01 Å². The molecule has 1 saturated heterocycles. The van der Waals surface area contributed by atoms with Crippen molar-refractivity contribution in [1.29, 1.82) is 0 Å². The molecule has 2 amide bonds. The highest BCUT2D eigenvalue weighted by atomic mass is 16.2. The zero-order valence-electron chi connectivity index (χ0n) is 7.88. The molecule has 4 heteroatoms. The van der Waals surface area contributed by atoms with Crippen LogP contribution in [0.3, 0.4) is 0 Å². The van der Waals surface area contributed by atoms with Crippen molar-refractivity contribution >= 4 is 6.03 Å². The first-order valence-corrected chi connectivity index (χ1v) is 5.07. The summed E-state index contributed by atoms with van der Waals surface area (Å²) in [6.07, 6.45) is 7.34. The van der Waals surface area contributed by atoms with Gasteiger partial charge in [-0.1, -0.05) is 19.3 Å². The third kappa shape index (κ3) is 1.63. The van der Waals surface area contributed by atoms with Crippen molar-refractivity contribution in [3.8, 4) is 0 Å². The molecule has 4 nitrogen and oxygen atoms in total. The Bertz CT molecular complexity index is 211. The minimum absolute atomic E-state index is 0.202. The van der Waals surface area contributed by atoms with Crippen molar-refractivity contribution in [3.05, 3.63) is 0 Å². The van der Waals surface area contributed by atoms with Gasteiger partial charge in [0.25, 0.3) is 0 Å². The lowest BCUT2D eigenvalue weighted by molar-refractivity contribution is 0.164. The molecule has 0 aromatic rings. The first kappa shape index (κ1) is 8.81. The molecule has 0 aromatic carbocycles. The molecular weight excluding hydrogens is 166 g/mol. The maximum Gasteiger partial charge on any atom is 0.329 e. The first-order valence-electron chi connectivity index (χ1n) is 5.07. The Kier molecular flexibility index (Phi) is 2.15. The monoisotopic (exact) mass is 183 g/mol. The van der Waals surface area contributed by atoms with Crippen molar-refractivity contribution in [2.45, 2.75) is 44.1 Å². The first-order chi connectivity index (χ1) is 6.22. The fourth-order valence-electron chi connectivity index (χ4n) is 2.48. The summed E-state index contributed by atoms with van der Waals surface area (Å²) < 4.78 is 0. The van der Waals surface area contributed by atoms with Gasteiger partial charge in [-0.15, -0.1) is 0 Å². The standard InChI is InChI=1S/C9H17N3O/c10-8(13)12-7-6-9(11-12)4-2-1-3-5-9/h11H,1-7H2,(H2,10,13). The fourth-order valence-corrected chi connectivity index (χ4v) is 2.48. The molecule has 1 aliphatic heterocycles. The van der Waals surface area contributed by atoms with Crippen molar-refractivity contribution in [3.63, 3.8) is 0 Å². The van der Waals surface area contributed by atoms with Crippen LogP contribution in [-0.4, -0.2) is 23.1 Å². The van der Waals surface area contributed by atoms with E-state index in [-0.39, 0.29) is 11.6 Å². The van der Waals surface area contributed by atoms with Gasteiger partial charge in [-0.2, -0.15) is 0 Å². The number of primary amides is 1. The molecule has 1 spiro atoms. The predicted octanol–water partition coefficient (Wildman–Crippen LogP) is 0.978. The minimum Gasteiger partial charge on any atom is -0.350 e. The van der Waals surface area contributed by atoms with Crippen LogP contribution in [0.1, 0.15) is 38.5 Å². The summed E-state index contributed by atoms with van der Waals surface area (Å²) in [5.74, 6) is 0. The molecule has 2 rings (SSSR count). The topological polar surface area (TPSA) is 58.4 Å². The van der Waals surface area contributed by atoms with Gasteiger partial charge in [0, 0.05) is 12.1 Å². The second-order valence-corrected chi connectivity index (χ2v) is 4.19. The van der Waals surface area contributed by atoms with Crippen LogP contribution in [0.5, 0.6) is 0 Å². The second-order valence-electron chi connectivity index (χ2n) is 4.19. The SMILES string of the molecule is NC(=O)N1CCC2(CCCCC2)N1. The summed E-state index contributed by atoms with van der Waals surface area (Å²) in [5, 5.41) is 1.56. The Labute approximate surface area is 78.4 Å². The van der Waals surface area contributed by atoms with Crippen LogP contribution < -0.4 is 11.2 Å². The molecular formula is C9H17N3O. The van der Waals surface area contributed by atoms with E-state index in [0.717, 1.165) is 13.0 Å². The highest BCUT2D eigenvalue weighted by Gasteiger charge is 2.39. The number of nitrogens with one attached hydrogen (secondary N) is 1. The lowest BCUT2D eigenvalue weighted by Gasteiger charge is -2.33. The number of nitrogens with zero attached hydrogens (tertiary/aromatic N) is 1. The third-order valence-corrected chi connectivity index (χ3v) is 3.26. The lowest BCUT2D eigenvalue weighted by atomic mass is 9.81. The number of hydrogen-bond donors (Lipinski definition) is 2. The van der Waals surface area contributed by atoms with E-state index in [1.165, 1.54) is 32.1 Å². The van der Waals surface area contributed by atoms with Crippen molar-refractivity contribution in [1.82, 2.24) is 10.4 Å². The molecule has 0 atom stereocenters. The number of urea groups is 1. The average molecular weight is 183 g/mol. The normalized spacial score (nSPS) is 26.6. The molecule has 74 valence electrons. The Balaban J connectivity index is 1.98. The van der Waals surface area contributed by atoms with E-state index in [9.17, 15) is 4.79 Å². The third-order valence-electron chi connectivity index (χ3n) is 3.26. The predicted molar refractivity (Wildman–Crippen MR) is 49.9 cm³/mol. The Morgan fingerprint density at radius 1 is 1.23 bits per heavy atom. The van der Waals surface area contributed by atoms with Gasteiger partial charge in [0.15, 0.2) is 0 Å². The van der Waals surface area contributed by atoms with Crippen molar-refractivity contribution in [2.75, 3.05) is 6.54 Å². The highest BCUT2D eigenvalue weighted by molar-refractivity contribution is 5.71. The van der Waals surface area contributed by atoms with Gasteiger partial charge < -0.3 is 5.73 Å². The summed E-state index contributed by atoms with van der Waals surface area (Å²) >= 11 is 0. The molecule has 3 N–H and O–H groups in total. The van der Waals surface area contributed by atoms with Crippen molar-refractivity contribution < 1.29 is 4.79 Å². The summed E-state index contributed by atoms with van der Waals surface area (Å²) in [6.45, 7) is 0.773. The summed E-state index contributed by atoms with van der Waals surface area (Å²) in [4.78, 5) is 10.9. The molecule has 1 heterocycles. The molecule has 0 aromatic heterocycles. The molecule has 0 unspecified atom stereocenters. The van der Waals surface area contributed by atoms with E-state index in [0.29, 0.717) is 0 Å². The van der Waals surface area contributed by atoms with E-state index >= 15 is 0 Å². The largest absolute Gasteiger partial charge is 0.350 e. The van der Waals surface area contributed by atoms with Crippen LogP contribution in [-0.2, 0) is 0 Å². The Morgan fingerprint density at radius 2 is 1.92 bits per heavy atom. The van der Waals surface area contributed by atoms with Gasteiger partial charge in [0.05, 0.1) is 0 Å². The van der Waals surface area contributed by atoms with Crippen molar-refractivity contribution in [2.24, 2.45) is 5.73 Å². The van der Waals surface area contributed by atoms with Gasteiger partial charge in [0.2, 0.25) is 0 Å². The fraction of sp³-hybridized carbons (Fsp3) is 0.889. The second kappa shape index (κ2) is 3.18. The number of carbonyl (C=O) groups excluding carboxylic acids is 1. The van der Waals surface area contributed by atoms with E-state index in [1.807, 2.05) is 0 Å². The Hall–Kier alpha value is -0.770. The van der Waals surface area contributed by atoms with Crippen LogP contribution >= 0.6 is 0 Å². The highest BCUT2D eigenvalue weighted by Crippen LogP contribution is 2.34. The number of amides is 2. The van der Waals surface area contributed by atoms with Gasteiger partial charge in [-0.05, 0) is 19.3 Å². The molecule has 0 bridgehead atoms. The number of nitrogens with two attached hydrogens (primary N) is 1. The number of hydrazine groups is 1.